The van der Waals surface area contributed by atoms with E-state index < -0.39 is 27.9 Å². The van der Waals surface area contributed by atoms with Crippen molar-refractivity contribution in [3.05, 3.63) is 72.8 Å². The van der Waals surface area contributed by atoms with Crippen LogP contribution in [0.3, 0.4) is 0 Å². The number of oxazole rings is 1. The van der Waals surface area contributed by atoms with Crippen molar-refractivity contribution in [2.45, 2.75) is 22.8 Å². The van der Waals surface area contributed by atoms with E-state index in [1.165, 1.54) is 30.5 Å². The Morgan fingerprint density at radius 1 is 1.00 bits per heavy atom. The molecule has 0 spiro atoms. The monoisotopic (exact) mass is 376 g/mol. The van der Waals surface area contributed by atoms with Gasteiger partial charge in [-0.25, -0.2) is 26.9 Å². The molecule has 8 heteroatoms. The van der Waals surface area contributed by atoms with E-state index in [4.69, 9.17) is 4.42 Å². The number of hydrogen-bond donors (Lipinski definition) is 1. The van der Waals surface area contributed by atoms with Gasteiger partial charge < -0.3 is 4.42 Å². The molecule has 2 aromatic carbocycles. The van der Waals surface area contributed by atoms with E-state index in [1.807, 2.05) is 6.07 Å². The van der Waals surface area contributed by atoms with E-state index in [2.05, 4.69) is 9.71 Å². The summed E-state index contributed by atoms with van der Waals surface area (Å²) in [5.41, 5.74) is 0.705. The number of hydrogen-bond acceptors (Lipinski definition) is 4. The van der Waals surface area contributed by atoms with E-state index in [0.717, 1.165) is 0 Å². The minimum absolute atomic E-state index is 0.0705. The maximum absolute atomic E-state index is 14.2. The van der Waals surface area contributed by atoms with Crippen LogP contribution in [0.4, 0.5) is 8.78 Å². The molecule has 2 unspecified atom stereocenters. The molecule has 0 bridgehead atoms. The molecule has 0 aliphatic heterocycles. The SMILES string of the molecule is O=S(=O)(NC1C(c2ncc(-c3ccccc3)o2)C1(F)F)c1ccccc1. The predicted molar refractivity (Wildman–Crippen MR) is 90.2 cm³/mol. The Kier molecular flexibility index (Phi) is 3.89. The Bertz CT molecular complexity index is 1020. The van der Waals surface area contributed by atoms with Crippen LogP contribution in [0.15, 0.2) is 76.2 Å². The van der Waals surface area contributed by atoms with Gasteiger partial charge in [0.2, 0.25) is 15.9 Å². The molecule has 5 nitrogen and oxygen atoms in total. The number of nitrogens with zero attached hydrogens (tertiary/aromatic N) is 1. The summed E-state index contributed by atoms with van der Waals surface area (Å²) in [6, 6.07) is 14.7. The minimum Gasteiger partial charge on any atom is -0.440 e. The first-order valence-corrected chi connectivity index (χ1v) is 9.34. The molecular weight excluding hydrogens is 362 g/mol. The smallest absolute Gasteiger partial charge is 0.278 e. The summed E-state index contributed by atoms with van der Waals surface area (Å²) < 4.78 is 60.4. The molecule has 1 fully saturated rings. The van der Waals surface area contributed by atoms with Crippen LogP contribution in [-0.4, -0.2) is 25.4 Å². The molecule has 0 amide bonds. The maximum atomic E-state index is 14.2. The van der Waals surface area contributed by atoms with E-state index in [9.17, 15) is 17.2 Å². The van der Waals surface area contributed by atoms with Crippen LogP contribution in [0.2, 0.25) is 0 Å². The number of alkyl halides is 2. The van der Waals surface area contributed by atoms with Gasteiger partial charge in [0.05, 0.1) is 11.1 Å². The molecule has 1 N–H and O–H groups in total. The van der Waals surface area contributed by atoms with Crippen LogP contribution in [0.1, 0.15) is 11.8 Å². The third kappa shape index (κ3) is 2.91. The lowest BCUT2D eigenvalue weighted by atomic mass is 10.2. The van der Waals surface area contributed by atoms with Gasteiger partial charge in [0.1, 0.15) is 12.0 Å². The molecule has 1 aliphatic carbocycles. The van der Waals surface area contributed by atoms with Crippen molar-refractivity contribution < 1.29 is 21.6 Å². The highest BCUT2D eigenvalue weighted by molar-refractivity contribution is 7.89. The van der Waals surface area contributed by atoms with Gasteiger partial charge in [-0.15, -0.1) is 0 Å². The van der Waals surface area contributed by atoms with Gasteiger partial charge in [-0.1, -0.05) is 48.5 Å². The van der Waals surface area contributed by atoms with Gasteiger partial charge in [-0.2, -0.15) is 0 Å². The van der Waals surface area contributed by atoms with Crippen molar-refractivity contribution in [1.29, 1.82) is 0 Å². The van der Waals surface area contributed by atoms with Gasteiger partial charge in [0, 0.05) is 5.56 Å². The van der Waals surface area contributed by atoms with Gasteiger partial charge in [-0.05, 0) is 12.1 Å². The second-order valence-electron chi connectivity index (χ2n) is 5.99. The zero-order valence-corrected chi connectivity index (χ0v) is 14.2. The first kappa shape index (κ1) is 16.9. The number of halogens is 2. The van der Waals surface area contributed by atoms with E-state index in [0.29, 0.717) is 11.3 Å². The molecule has 3 aromatic rings. The fraction of sp³-hybridized carbons (Fsp3) is 0.167. The largest absolute Gasteiger partial charge is 0.440 e. The summed E-state index contributed by atoms with van der Waals surface area (Å²) in [6.45, 7) is 0. The maximum Gasteiger partial charge on any atom is 0.278 e. The van der Waals surface area contributed by atoms with Crippen LogP contribution in [-0.2, 0) is 10.0 Å². The highest BCUT2D eigenvalue weighted by Crippen LogP contribution is 2.56. The molecule has 1 aromatic heterocycles. The quantitative estimate of drug-likeness (QED) is 0.741. The molecule has 2 atom stereocenters. The third-order valence-corrected chi connectivity index (χ3v) is 5.69. The lowest BCUT2D eigenvalue weighted by Gasteiger charge is -2.05. The molecule has 26 heavy (non-hydrogen) atoms. The van der Waals surface area contributed by atoms with Crippen molar-refractivity contribution in [1.82, 2.24) is 9.71 Å². The Morgan fingerprint density at radius 2 is 1.62 bits per heavy atom. The highest BCUT2D eigenvalue weighted by atomic mass is 32.2. The molecule has 1 aliphatic rings. The third-order valence-electron chi connectivity index (χ3n) is 4.24. The molecule has 0 saturated heterocycles. The van der Waals surface area contributed by atoms with E-state index >= 15 is 0 Å². The minimum atomic E-state index is -4.05. The molecule has 134 valence electrons. The van der Waals surface area contributed by atoms with Gasteiger partial charge in [-0.3, -0.25) is 0 Å². The molecular formula is C18H14F2N2O3S. The summed E-state index contributed by atoms with van der Waals surface area (Å²) in [5.74, 6) is -4.53. The van der Waals surface area contributed by atoms with Crippen molar-refractivity contribution in [3.63, 3.8) is 0 Å². The standard InChI is InChI=1S/C18H14F2N2O3S/c19-18(20)15(16(18)22-26(23,24)13-9-5-2-6-10-13)17-21-11-14(25-17)12-7-3-1-4-8-12/h1-11,15-16,22H. The first-order valence-electron chi connectivity index (χ1n) is 7.86. The zero-order chi connectivity index (χ0) is 18.4. The Hall–Kier alpha value is -2.58. The summed E-state index contributed by atoms with van der Waals surface area (Å²) in [6.07, 6.45) is 1.36. The van der Waals surface area contributed by atoms with Gasteiger partial charge >= 0.3 is 0 Å². The summed E-state index contributed by atoms with van der Waals surface area (Å²) in [7, 11) is -4.05. The zero-order valence-electron chi connectivity index (χ0n) is 13.3. The van der Waals surface area contributed by atoms with Crippen LogP contribution in [0.25, 0.3) is 11.3 Å². The number of aromatic nitrogens is 1. The number of sulfonamides is 1. The highest BCUT2D eigenvalue weighted by Gasteiger charge is 2.72. The molecule has 4 rings (SSSR count). The Morgan fingerprint density at radius 3 is 2.27 bits per heavy atom. The number of nitrogens with one attached hydrogen (secondary N) is 1. The molecule has 1 saturated carbocycles. The average Bonchev–Trinajstić information content (AvgIpc) is 3.00. The van der Waals surface area contributed by atoms with Crippen LogP contribution >= 0.6 is 0 Å². The Balaban J connectivity index is 1.57. The molecule has 0 radical (unpaired) electrons. The van der Waals surface area contributed by atoms with Gasteiger partial charge in [0.15, 0.2) is 5.76 Å². The van der Waals surface area contributed by atoms with E-state index in [-0.39, 0.29) is 10.8 Å². The second-order valence-corrected chi connectivity index (χ2v) is 7.71. The van der Waals surface area contributed by atoms with Crippen LogP contribution in [0, 0.1) is 0 Å². The molecule has 1 heterocycles. The number of rotatable bonds is 5. The summed E-state index contributed by atoms with van der Waals surface area (Å²) in [4.78, 5) is 3.85. The fourth-order valence-corrected chi connectivity index (χ4v) is 4.06. The van der Waals surface area contributed by atoms with Crippen molar-refractivity contribution >= 4 is 10.0 Å². The van der Waals surface area contributed by atoms with Crippen molar-refractivity contribution in [3.8, 4) is 11.3 Å². The summed E-state index contributed by atoms with van der Waals surface area (Å²) in [5, 5.41) is 0. The fourth-order valence-electron chi connectivity index (χ4n) is 2.78. The lowest BCUT2D eigenvalue weighted by molar-refractivity contribution is 0.0997. The van der Waals surface area contributed by atoms with Crippen molar-refractivity contribution in [2.75, 3.05) is 0 Å². The normalized spacial score (nSPS) is 21.5. The van der Waals surface area contributed by atoms with Crippen LogP contribution < -0.4 is 4.72 Å². The topological polar surface area (TPSA) is 72.2 Å². The first-order chi connectivity index (χ1) is 12.4. The van der Waals surface area contributed by atoms with Gasteiger partial charge in [0.25, 0.3) is 5.92 Å². The summed E-state index contributed by atoms with van der Waals surface area (Å²) >= 11 is 0. The predicted octanol–water partition coefficient (Wildman–Crippen LogP) is 3.42. The average molecular weight is 376 g/mol. The second kappa shape index (κ2) is 6.00. The van der Waals surface area contributed by atoms with Crippen LogP contribution in [0.5, 0.6) is 0 Å². The number of benzene rings is 2. The Labute approximate surface area is 148 Å². The van der Waals surface area contributed by atoms with Crippen molar-refractivity contribution in [2.24, 2.45) is 0 Å². The lowest BCUT2D eigenvalue weighted by Crippen LogP contribution is -2.29. The van der Waals surface area contributed by atoms with E-state index in [1.54, 1.807) is 30.3 Å².